The van der Waals surface area contributed by atoms with Gasteiger partial charge in [0.15, 0.2) is 0 Å². The van der Waals surface area contributed by atoms with E-state index in [2.05, 4.69) is 5.32 Å². The van der Waals surface area contributed by atoms with E-state index in [0.29, 0.717) is 13.0 Å². The van der Waals surface area contributed by atoms with Crippen LogP contribution in [-0.2, 0) is 17.8 Å². The molecule has 1 aromatic carbocycles. The van der Waals surface area contributed by atoms with Crippen LogP contribution in [0.15, 0.2) is 24.3 Å². The molecule has 0 spiro atoms. The summed E-state index contributed by atoms with van der Waals surface area (Å²) in [7, 11) is 0. The number of hydrogen-bond donors (Lipinski definition) is 3. The van der Waals surface area contributed by atoms with E-state index in [1.54, 1.807) is 0 Å². The summed E-state index contributed by atoms with van der Waals surface area (Å²) in [4.78, 5) is 12.0. The fourth-order valence-electron chi connectivity index (χ4n) is 2.69. The minimum atomic E-state index is -0.402. The molecule has 1 saturated carbocycles. The van der Waals surface area contributed by atoms with Crippen molar-refractivity contribution in [2.24, 2.45) is 5.73 Å². The van der Waals surface area contributed by atoms with E-state index in [0.717, 1.165) is 43.2 Å². The van der Waals surface area contributed by atoms with Crippen molar-refractivity contribution < 1.29 is 9.90 Å². The molecular formula is C16H24N2O2. The molecule has 0 aliphatic heterocycles. The van der Waals surface area contributed by atoms with Crippen LogP contribution >= 0.6 is 0 Å². The lowest BCUT2D eigenvalue weighted by molar-refractivity contribution is -0.122. The van der Waals surface area contributed by atoms with Crippen molar-refractivity contribution in [3.8, 4) is 0 Å². The highest BCUT2D eigenvalue weighted by molar-refractivity contribution is 5.78. The van der Waals surface area contributed by atoms with Gasteiger partial charge in [-0.1, -0.05) is 43.5 Å². The maximum Gasteiger partial charge on any atom is 0.224 e. The molecule has 20 heavy (non-hydrogen) atoms. The third-order valence-corrected chi connectivity index (χ3v) is 3.95. The Kier molecular flexibility index (Phi) is 5.56. The standard InChI is InChI=1S/C16H24N2O2/c17-11-13-8-6-12(7-9-13)10-16(20)18-14-4-2-1-3-5-15(14)19/h6-9,14-15,19H,1-5,10-11,17H2,(H,18,20). The summed E-state index contributed by atoms with van der Waals surface area (Å²) in [5.41, 5.74) is 7.59. The maximum atomic E-state index is 12.0. The van der Waals surface area contributed by atoms with Gasteiger partial charge in [0, 0.05) is 6.54 Å². The number of carbonyl (C=O) groups excluding carboxylic acids is 1. The van der Waals surface area contributed by atoms with E-state index >= 15 is 0 Å². The van der Waals surface area contributed by atoms with Gasteiger partial charge in [0.2, 0.25) is 5.91 Å². The number of aliphatic hydroxyl groups excluding tert-OH is 1. The number of benzene rings is 1. The molecule has 4 N–H and O–H groups in total. The smallest absolute Gasteiger partial charge is 0.224 e. The van der Waals surface area contributed by atoms with Crippen LogP contribution in [0, 0.1) is 0 Å². The second-order valence-corrected chi connectivity index (χ2v) is 5.58. The Morgan fingerprint density at radius 3 is 2.50 bits per heavy atom. The van der Waals surface area contributed by atoms with Gasteiger partial charge in [-0.25, -0.2) is 0 Å². The molecule has 0 aromatic heterocycles. The number of carbonyl (C=O) groups is 1. The van der Waals surface area contributed by atoms with Crippen molar-refractivity contribution >= 4 is 5.91 Å². The van der Waals surface area contributed by atoms with Crippen LogP contribution in [0.1, 0.15) is 43.2 Å². The Labute approximate surface area is 120 Å². The third kappa shape index (κ3) is 4.32. The van der Waals surface area contributed by atoms with Crippen molar-refractivity contribution in [3.63, 3.8) is 0 Å². The van der Waals surface area contributed by atoms with Crippen LogP contribution in [0.5, 0.6) is 0 Å². The number of hydrogen-bond acceptors (Lipinski definition) is 3. The summed E-state index contributed by atoms with van der Waals surface area (Å²) in [5, 5.41) is 13.0. The van der Waals surface area contributed by atoms with E-state index in [1.807, 2.05) is 24.3 Å². The van der Waals surface area contributed by atoms with Crippen LogP contribution < -0.4 is 11.1 Å². The zero-order chi connectivity index (χ0) is 14.4. The Morgan fingerprint density at radius 1 is 1.15 bits per heavy atom. The van der Waals surface area contributed by atoms with Gasteiger partial charge in [-0.15, -0.1) is 0 Å². The third-order valence-electron chi connectivity index (χ3n) is 3.95. The first kappa shape index (κ1) is 15.0. The molecule has 2 unspecified atom stereocenters. The Hall–Kier alpha value is -1.39. The number of aliphatic hydroxyl groups is 1. The van der Waals surface area contributed by atoms with Gasteiger partial charge in [-0.2, -0.15) is 0 Å². The molecule has 0 saturated heterocycles. The normalized spacial score (nSPS) is 23.1. The fraction of sp³-hybridized carbons (Fsp3) is 0.562. The lowest BCUT2D eigenvalue weighted by atomic mass is 10.0. The van der Waals surface area contributed by atoms with Crippen LogP contribution in [-0.4, -0.2) is 23.2 Å². The predicted molar refractivity (Wildman–Crippen MR) is 79.1 cm³/mol. The number of nitrogens with one attached hydrogen (secondary N) is 1. The van der Waals surface area contributed by atoms with Crippen LogP contribution in [0.4, 0.5) is 0 Å². The molecule has 0 heterocycles. The average Bonchev–Trinajstić information content (AvgIpc) is 2.65. The molecule has 1 aliphatic carbocycles. The summed E-state index contributed by atoms with van der Waals surface area (Å²) in [6.07, 6.45) is 4.88. The maximum absolute atomic E-state index is 12.0. The molecule has 0 bridgehead atoms. The monoisotopic (exact) mass is 276 g/mol. The van der Waals surface area contributed by atoms with Crippen molar-refractivity contribution in [2.45, 2.75) is 57.2 Å². The zero-order valence-electron chi connectivity index (χ0n) is 11.8. The molecule has 2 rings (SSSR count). The summed E-state index contributed by atoms with van der Waals surface area (Å²) in [6.45, 7) is 0.515. The number of amides is 1. The molecular weight excluding hydrogens is 252 g/mol. The lowest BCUT2D eigenvalue weighted by Crippen LogP contribution is -2.43. The molecule has 1 aromatic rings. The highest BCUT2D eigenvalue weighted by Crippen LogP contribution is 2.18. The lowest BCUT2D eigenvalue weighted by Gasteiger charge is -2.21. The zero-order valence-corrected chi connectivity index (χ0v) is 11.8. The van der Waals surface area contributed by atoms with Gasteiger partial charge < -0.3 is 16.2 Å². The van der Waals surface area contributed by atoms with Gasteiger partial charge in [0.1, 0.15) is 0 Å². The second kappa shape index (κ2) is 7.41. The van der Waals surface area contributed by atoms with Gasteiger partial charge in [0.25, 0.3) is 0 Å². The van der Waals surface area contributed by atoms with Crippen LogP contribution in [0.3, 0.4) is 0 Å². The molecule has 110 valence electrons. The van der Waals surface area contributed by atoms with Crippen LogP contribution in [0.25, 0.3) is 0 Å². The first-order valence-electron chi connectivity index (χ1n) is 7.44. The molecule has 4 heteroatoms. The van der Waals surface area contributed by atoms with Crippen LogP contribution in [0.2, 0.25) is 0 Å². The van der Waals surface area contributed by atoms with E-state index in [-0.39, 0.29) is 11.9 Å². The minimum Gasteiger partial charge on any atom is -0.391 e. The summed E-state index contributed by atoms with van der Waals surface area (Å²) >= 11 is 0. The Bertz CT molecular complexity index is 431. The summed E-state index contributed by atoms with van der Waals surface area (Å²) in [6, 6.07) is 7.68. The summed E-state index contributed by atoms with van der Waals surface area (Å²) in [5.74, 6) is -0.0172. The van der Waals surface area contributed by atoms with Gasteiger partial charge in [0.05, 0.1) is 18.6 Å². The number of rotatable bonds is 4. The fourth-order valence-corrected chi connectivity index (χ4v) is 2.69. The van der Waals surface area contributed by atoms with Crippen molar-refractivity contribution in [2.75, 3.05) is 0 Å². The highest BCUT2D eigenvalue weighted by Gasteiger charge is 2.22. The van der Waals surface area contributed by atoms with E-state index in [4.69, 9.17) is 5.73 Å². The highest BCUT2D eigenvalue weighted by atomic mass is 16.3. The van der Waals surface area contributed by atoms with Gasteiger partial charge >= 0.3 is 0 Å². The van der Waals surface area contributed by atoms with E-state index in [1.165, 1.54) is 0 Å². The second-order valence-electron chi connectivity index (χ2n) is 5.58. The molecule has 1 amide bonds. The van der Waals surface area contributed by atoms with E-state index in [9.17, 15) is 9.90 Å². The molecule has 2 atom stereocenters. The average molecular weight is 276 g/mol. The van der Waals surface area contributed by atoms with Crippen molar-refractivity contribution in [3.05, 3.63) is 35.4 Å². The Balaban J connectivity index is 1.87. The van der Waals surface area contributed by atoms with Crippen molar-refractivity contribution in [1.82, 2.24) is 5.32 Å². The van der Waals surface area contributed by atoms with Gasteiger partial charge in [-0.3, -0.25) is 4.79 Å². The first-order valence-corrected chi connectivity index (χ1v) is 7.44. The molecule has 1 fully saturated rings. The SMILES string of the molecule is NCc1ccc(CC(=O)NC2CCCCCC2O)cc1. The molecule has 4 nitrogen and oxygen atoms in total. The first-order chi connectivity index (χ1) is 9.69. The molecule has 0 radical (unpaired) electrons. The van der Waals surface area contributed by atoms with E-state index < -0.39 is 6.10 Å². The predicted octanol–water partition coefficient (Wildman–Crippen LogP) is 1.50. The van der Waals surface area contributed by atoms with Gasteiger partial charge in [-0.05, 0) is 24.0 Å². The minimum absolute atomic E-state index is 0.0172. The largest absolute Gasteiger partial charge is 0.391 e. The molecule has 1 aliphatic rings. The quantitative estimate of drug-likeness (QED) is 0.729. The number of nitrogens with two attached hydrogens (primary N) is 1. The Morgan fingerprint density at radius 2 is 1.80 bits per heavy atom. The topological polar surface area (TPSA) is 75.4 Å². The summed E-state index contributed by atoms with van der Waals surface area (Å²) < 4.78 is 0. The van der Waals surface area contributed by atoms with Crippen molar-refractivity contribution in [1.29, 1.82) is 0 Å².